The summed E-state index contributed by atoms with van der Waals surface area (Å²) in [6.45, 7) is 8.45. The Bertz CT molecular complexity index is 2000. The number of pyridine rings is 1. The van der Waals surface area contributed by atoms with E-state index in [1.165, 1.54) is 0 Å². The summed E-state index contributed by atoms with van der Waals surface area (Å²) in [6.07, 6.45) is 5.22. The number of ether oxygens (including phenoxy) is 4. The van der Waals surface area contributed by atoms with Gasteiger partial charge in [0.25, 0.3) is 0 Å². The van der Waals surface area contributed by atoms with Crippen molar-refractivity contribution in [2.24, 2.45) is 5.41 Å². The van der Waals surface area contributed by atoms with Gasteiger partial charge in [0.15, 0.2) is 11.6 Å². The summed E-state index contributed by atoms with van der Waals surface area (Å²) in [5, 5.41) is 13.4. The number of fused-ring (bicyclic) bond motifs is 6. The largest absolute Gasteiger partial charge is 0.463 e. The molecule has 3 aliphatic heterocycles. The summed E-state index contributed by atoms with van der Waals surface area (Å²) in [5.74, 6) is -1.42. The second-order valence-electron chi connectivity index (χ2n) is 13.8. The molecular formula is C33H32F2N6O5S. The topological polar surface area (TPSA) is 132 Å². The average molecular weight is 663 g/mol. The summed E-state index contributed by atoms with van der Waals surface area (Å²) in [4.78, 5) is 28.3. The number of nitrogens with one attached hydrogen (secondary N) is 1. The van der Waals surface area contributed by atoms with Crippen LogP contribution in [0.3, 0.4) is 0 Å². The maximum atomic E-state index is 16.8. The first-order valence-corrected chi connectivity index (χ1v) is 16.4. The molecule has 0 spiro atoms. The van der Waals surface area contributed by atoms with Gasteiger partial charge in [0.05, 0.1) is 54.7 Å². The lowest BCUT2D eigenvalue weighted by molar-refractivity contribution is 0.0176. The van der Waals surface area contributed by atoms with Crippen LogP contribution in [0.15, 0.2) is 12.4 Å². The molecule has 14 heteroatoms. The number of halogens is 2. The highest BCUT2D eigenvalue weighted by molar-refractivity contribution is 7.23. The minimum absolute atomic E-state index is 0.0135. The van der Waals surface area contributed by atoms with Crippen LogP contribution in [0, 0.1) is 28.4 Å². The zero-order valence-electron chi connectivity index (χ0n) is 26.1. The number of thiophene rings is 1. The van der Waals surface area contributed by atoms with Crippen molar-refractivity contribution in [3.8, 4) is 23.3 Å². The molecule has 1 aromatic carbocycles. The fourth-order valence-electron chi connectivity index (χ4n) is 6.91. The molecule has 0 unspecified atom stereocenters. The number of nitrogens with zero attached hydrogens (tertiary/aromatic N) is 5. The quantitative estimate of drug-likeness (QED) is 0.249. The zero-order valence-corrected chi connectivity index (χ0v) is 26.9. The molecule has 1 aliphatic carbocycles. The van der Waals surface area contributed by atoms with Gasteiger partial charge in [0.1, 0.15) is 22.2 Å². The molecule has 2 saturated heterocycles. The highest BCUT2D eigenvalue weighted by atomic mass is 32.1. The molecule has 2 atom stereocenters. The monoisotopic (exact) mass is 662 g/mol. The SMILES string of the molecule is CC(C)(C)OC(=O)Nc1sc2c(F)cnc(-c3c4c(c5cnc(OCC6(CN7C[C@H]8C[C@@H]7CO8)CC6)nc5c3F)COC4)c2c1C#N. The van der Waals surface area contributed by atoms with Gasteiger partial charge in [-0.15, -0.1) is 11.3 Å². The standard InChI is InChI=1S/C33H32F2N6O5S/c1-32(2,3)46-31(42)40-29-18(7-36)24-27(37-9-22(34)28(24)47-29)23-21-13-43-12-20(21)19-8-38-30(39-26(19)25(23)35)45-15-33(4-5-33)14-41-10-17-6-16(41)11-44-17/h8-9,16-17H,4-6,10-15H2,1-3H3,(H,40,42)/t16-,17-/m1/s1. The molecule has 11 nitrogen and oxygen atoms in total. The number of hydrogen-bond donors (Lipinski definition) is 1. The van der Waals surface area contributed by atoms with Gasteiger partial charge in [-0.3, -0.25) is 15.2 Å². The molecule has 47 heavy (non-hydrogen) atoms. The predicted molar refractivity (Wildman–Crippen MR) is 168 cm³/mol. The average Bonchev–Trinajstić information content (AvgIpc) is 3.46. The van der Waals surface area contributed by atoms with Crippen LogP contribution in [0.2, 0.25) is 0 Å². The van der Waals surface area contributed by atoms with E-state index in [1.54, 1.807) is 27.0 Å². The van der Waals surface area contributed by atoms with Crippen LogP contribution in [0.1, 0.15) is 56.7 Å². The Morgan fingerprint density at radius 3 is 2.74 bits per heavy atom. The second kappa shape index (κ2) is 11.0. The van der Waals surface area contributed by atoms with Gasteiger partial charge in [-0.2, -0.15) is 10.2 Å². The summed E-state index contributed by atoms with van der Waals surface area (Å²) in [7, 11) is 0. The Kier molecular flexibility index (Phi) is 7.10. The molecule has 3 fully saturated rings. The molecule has 2 bridgehead atoms. The number of aromatic nitrogens is 3. The smallest absolute Gasteiger partial charge is 0.412 e. The summed E-state index contributed by atoms with van der Waals surface area (Å²) in [5.41, 5.74) is 0.500. The highest BCUT2D eigenvalue weighted by Crippen LogP contribution is 2.49. The lowest BCUT2D eigenvalue weighted by Crippen LogP contribution is -2.42. The number of carbonyl (C=O) groups excluding carboxylic acids is 1. The van der Waals surface area contributed by atoms with Crippen LogP contribution in [0.5, 0.6) is 6.01 Å². The molecule has 1 N–H and O–H groups in total. The minimum atomic E-state index is -0.805. The molecule has 6 heterocycles. The van der Waals surface area contributed by atoms with Crippen LogP contribution in [0.4, 0.5) is 18.6 Å². The van der Waals surface area contributed by atoms with E-state index in [0.717, 1.165) is 56.5 Å². The van der Waals surface area contributed by atoms with Crippen molar-refractivity contribution in [2.45, 2.75) is 71.0 Å². The van der Waals surface area contributed by atoms with E-state index in [1.807, 2.05) is 0 Å². The van der Waals surface area contributed by atoms with Crippen LogP contribution in [-0.4, -0.2) is 70.0 Å². The van der Waals surface area contributed by atoms with E-state index in [9.17, 15) is 10.1 Å². The second-order valence-corrected chi connectivity index (χ2v) is 14.8. The molecule has 1 saturated carbocycles. The number of carbonyl (C=O) groups is 1. The summed E-state index contributed by atoms with van der Waals surface area (Å²) < 4.78 is 55.0. The predicted octanol–water partition coefficient (Wildman–Crippen LogP) is 6.07. The van der Waals surface area contributed by atoms with Crippen molar-refractivity contribution in [2.75, 3.05) is 31.6 Å². The first kappa shape index (κ1) is 30.3. The first-order chi connectivity index (χ1) is 22.5. The van der Waals surface area contributed by atoms with Gasteiger partial charge in [-0.25, -0.2) is 18.6 Å². The first-order valence-electron chi connectivity index (χ1n) is 15.6. The molecule has 244 valence electrons. The molecule has 1 amide bonds. The molecule has 4 aromatic rings. The van der Waals surface area contributed by atoms with Gasteiger partial charge in [-0.1, -0.05) is 0 Å². The van der Waals surface area contributed by atoms with Crippen molar-refractivity contribution in [1.82, 2.24) is 19.9 Å². The van der Waals surface area contributed by atoms with Gasteiger partial charge >= 0.3 is 12.1 Å². The molecular weight excluding hydrogens is 630 g/mol. The van der Waals surface area contributed by atoms with Crippen molar-refractivity contribution in [1.29, 1.82) is 5.26 Å². The van der Waals surface area contributed by atoms with Crippen LogP contribution in [-0.2, 0) is 27.4 Å². The van der Waals surface area contributed by atoms with Crippen LogP contribution >= 0.6 is 11.3 Å². The number of anilines is 1. The molecule has 4 aliphatic rings. The molecule has 0 radical (unpaired) electrons. The van der Waals surface area contributed by atoms with Crippen molar-refractivity contribution < 1.29 is 32.5 Å². The maximum Gasteiger partial charge on any atom is 0.412 e. The van der Waals surface area contributed by atoms with Gasteiger partial charge < -0.3 is 18.9 Å². The summed E-state index contributed by atoms with van der Waals surface area (Å²) >= 11 is 0.854. The highest BCUT2D eigenvalue weighted by Gasteiger charge is 2.49. The van der Waals surface area contributed by atoms with Crippen LogP contribution < -0.4 is 10.1 Å². The number of rotatable bonds is 7. The lowest BCUT2D eigenvalue weighted by Gasteiger charge is -2.30. The number of hydrogen-bond acceptors (Lipinski definition) is 11. The fourth-order valence-corrected chi connectivity index (χ4v) is 7.95. The Morgan fingerprint density at radius 1 is 1.23 bits per heavy atom. The Hall–Kier alpha value is -4.03. The number of likely N-dealkylation sites (tertiary alicyclic amines) is 1. The van der Waals surface area contributed by atoms with Crippen molar-refractivity contribution in [3.63, 3.8) is 0 Å². The van der Waals surface area contributed by atoms with E-state index >= 15 is 8.78 Å². The number of morpholine rings is 1. The lowest BCUT2D eigenvalue weighted by atomic mass is 9.94. The van der Waals surface area contributed by atoms with E-state index in [4.69, 9.17) is 18.9 Å². The van der Waals surface area contributed by atoms with Gasteiger partial charge in [0.2, 0.25) is 0 Å². The fraction of sp³-hybridized carbons (Fsp3) is 0.485. The molecule has 3 aromatic heterocycles. The van der Waals surface area contributed by atoms with Crippen LogP contribution in [0.25, 0.3) is 32.2 Å². The Morgan fingerprint density at radius 2 is 2.04 bits per heavy atom. The third kappa shape index (κ3) is 5.35. The summed E-state index contributed by atoms with van der Waals surface area (Å²) in [6, 6.07) is 2.58. The van der Waals surface area contributed by atoms with Gasteiger partial charge in [-0.05, 0) is 51.2 Å². The van der Waals surface area contributed by atoms with E-state index in [0.29, 0.717) is 35.3 Å². The van der Waals surface area contributed by atoms with E-state index in [2.05, 4.69) is 31.2 Å². The third-order valence-corrected chi connectivity index (χ3v) is 10.4. The van der Waals surface area contributed by atoms with E-state index < -0.39 is 23.3 Å². The number of nitriles is 1. The van der Waals surface area contributed by atoms with Gasteiger partial charge in [0, 0.05) is 47.1 Å². The number of amides is 1. The van der Waals surface area contributed by atoms with E-state index in [-0.39, 0.29) is 62.1 Å². The van der Waals surface area contributed by atoms with Crippen molar-refractivity contribution in [3.05, 3.63) is 40.7 Å². The zero-order chi connectivity index (χ0) is 32.7. The minimum Gasteiger partial charge on any atom is -0.463 e. The third-order valence-electron chi connectivity index (χ3n) is 9.33. The maximum absolute atomic E-state index is 16.8. The number of benzene rings is 1. The molecule has 8 rings (SSSR count). The van der Waals surface area contributed by atoms with Crippen molar-refractivity contribution >= 4 is 43.4 Å². The Balaban J connectivity index is 1.16. The Labute approximate surface area is 272 Å². The normalized spacial score (nSPS) is 21.3.